The number of phenols is 2. The predicted octanol–water partition coefficient (Wildman–Crippen LogP) is 5.39. The lowest BCUT2D eigenvalue weighted by Gasteiger charge is -2.24. The van der Waals surface area contributed by atoms with Crippen LogP contribution in [0.15, 0.2) is 78.9 Å². The van der Waals surface area contributed by atoms with Gasteiger partial charge in [0.05, 0.1) is 11.4 Å². The number of phenolic OH excluding ortho intramolecular Hbond substituents is 2. The molecule has 0 fully saturated rings. The molecule has 0 aliphatic carbocycles. The molecule has 0 unspecified atom stereocenters. The van der Waals surface area contributed by atoms with Crippen molar-refractivity contribution < 1.29 is 14.9 Å². The summed E-state index contributed by atoms with van der Waals surface area (Å²) in [5.74, 6) is 1.22. The van der Waals surface area contributed by atoms with Crippen molar-refractivity contribution in [2.75, 3.05) is 0 Å². The molecule has 3 aromatic carbocycles. The van der Waals surface area contributed by atoms with Crippen molar-refractivity contribution in [3.8, 4) is 50.9 Å². The van der Waals surface area contributed by atoms with Crippen molar-refractivity contribution in [3.05, 3.63) is 84.4 Å². The van der Waals surface area contributed by atoms with Crippen LogP contribution in [0, 0.1) is 0 Å². The van der Waals surface area contributed by atoms with Gasteiger partial charge in [0.15, 0.2) is 0 Å². The quantitative estimate of drug-likeness (QED) is 0.499. The van der Waals surface area contributed by atoms with Gasteiger partial charge in [0.2, 0.25) is 0 Å². The topological polar surface area (TPSA) is 62.6 Å². The Kier molecular flexibility index (Phi) is 3.76. The molecule has 0 radical (unpaired) electrons. The highest BCUT2D eigenvalue weighted by molar-refractivity contribution is 5.85. The molecule has 136 valence electrons. The largest absolute Gasteiger partial charge is 0.508 e. The number of benzene rings is 3. The first-order chi connectivity index (χ1) is 13.7. The van der Waals surface area contributed by atoms with Crippen molar-refractivity contribution in [2.45, 2.75) is 6.61 Å². The fourth-order valence-corrected chi connectivity index (χ4v) is 3.60. The lowest BCUT2D eigenvalue weighted by Crippen LogP contribution is -2.09. The highest BCUT2D eigenvalue weighted by atomic mass is 16.5. The summed E-state index contributed by atoms with van der Waals surface area (Å²) in [5, 5.41) is 20.1. The van der Waals surface area contributed by atoms with E-state index in [0.29, 0.717) is 6.61 Å². The second-order valence-corrected chi connectivity index (χ2v) is 6.73. The van der Waals surface area contributed by atoms with Crippen LogP contribution in [0.1, 0.15) is 5.56 Å². The smallest absolute Gasteiger partial charge is 0.129 e. The first-order valence-electron chi connectivity index (χ1n) is 9.04. The maximum Gasteiger partial charge on any atom is 0.129 e. The number of aromatic hydroxyl groups is 2. The van der Waals surface area contributed by atoms with E-state index in [1.807, 2.05) is 54.6 Å². The fraction of sp³-hybridized carbons (Fsp3) is 0.0417. The number of para-hydroxylation sites is 2. The molecule has 1 aromatic heterocycles. The molecule has 2 heterocycles. The molecule has 28 heavy (non-hydrogen) atoms. The van der Waals surface area contributed by atoms with E-state index in [-0.39, 0.29) is 11.5 Å². The minimum absolute atomic E-state index is 0.210. The maximum atomic E-state index is 10.5. The van der Waals surface area contributed by atoms with E-state index < -0.39 is 0 Å². The third kappa shape index (κ3) is 2.67. The molecular formula is C24H17NO3. The van der Waals surface area contributed by atoms with Gasteiger partial charge in [0.1, 0.15) is 23.9 Å². The SMILES string of the molecule is Oc1ccc(-c2cc(-c3ccccc3O)c3c(n2)-c2ccccc2OC3)cc1. The van der Waals surface area contributed by atoms with E-state index >= 15 is 0 Å². The summed E-state index contributed by atoms with van der Waals surface area (Å²) in [6.07, 6.45) is 0. The van der Waals surface area contributed by atoms with Gasteiger partial charge in [-0.15, -0.1) is 0 Å². The van der Waals surface area contributed by atoms with Crippen molar-refractivity contribution in [1.82, 2.24) is 4.98 Å². The van der Waals surface area contributed by atoms with E-state index in [9.17, 15) is 10.2 Å². The molecular weight excluding hydrogens is 350 g/mol. The Morgan fingerprint density at radius 2 is 1.46 bits per heavy atom. The zero-order valence-corrected chi connectivity index (χ0v) is 15.0. The number of hydrogen-bond acceptors (Lipinski definition) is 4. The minimum atomic E-state index is 0.210. The first kappa shape index (κ1) is 16.4. The van der Waals surface area contributed by atoms with Gasteiger partial charge >= 0.3 is 0 Å². The molecule has 4 aromatic rings. The molecule has 5 rings (SSSR count). The van der Waals surface area contributed by atoms with Crippen LogP contribution >= 0.6 is 0 Å². The normalized spacial score (nSPS) is 12.0. The van der Waals surface area contributed by atoms with Crippen LogP contribution in [0.3, 0.4) is 0 Å². The van der Waals surface area contributed by atoms with E-state index in [4.69, 9.17) is 9.72 Å². The Hall–Kier alpha value is -3.79. The zero-order valence-electron chi connectivity index (χ0n) is 15.0. The van der Waals surface area contributed by atoms with Gasteiger partial charge in [-0.25, -0.2) is 4.98 Å². The van der Waals surface area contributed by atoms with E-state index in [2.05, 4.69) is 0 Å². The third-order valence-corrected chi connectivity index (χ3v) is 5.00. The average molecular weight is 367 g/mol. The molecule has 0 amide bonds. The Bertz CT molecular complexity index is 1180. The molecule has 0 spiro atoms. The molecule has 1 aliphatic heterocycles. The third-order valence-electron chi connectivity index (χ3n) is 5.00. The van der Waals surface area contributed by atoms with E-state index in [0.717, 1.165) is 45.0 Å². The van der Waals surface area contributed by atoms with Crippen LogP contribution < -0.4 is 4.74 Å². The van der Waals surface area contributed by atoms with E-state index in [1.165, 1.54) is 0 Å². The Labute approximate surface area is 162 Å². The second-order valence-electron chi connectivity index (χ2n) is 6.73. The van der Waals surface area contributed by atoms with Gasteiger partial charge in [-0.2, -0.15) is 0 Å². The van der Waals surface area contributed by atoms with Gasteiger partial charge in [0, 0.05) is 22.3 Å². The van der Waals surface area contributed by atoms with Crippen LogP contribution in [0.2, 0.25) is 0 Å². The molecule has 0 saturated heterocycles. The lowest BCUT2D eigenvalue weighted by atomic mass is 9.92. The number of ether oxygens (including phenoxy) is 1. The van der Waals surface area contributed by atoms with Gasteiger partial charge in [-0.3, -0.25) is 0 Å². The Morgan fingerprint density at radius 3 is 2.25 bits per heavy atom. The van der Waals surface area contributed by atoms with Gasteiger partial charge in [-0.1, -0.05) is 30.3 Å². The number of fused-ring (bicyclic) bond motifs is 3. The van der Waals surface area contributed by atoms with Crippen molar-refractivity contribution in [1.29, 1.82) is 0 Å². The summed E-state index contributed by atoms with van der Waals surface area (Å²) in [6, 6.07) is 24.1. The van der Waals surface area contributed by atoms with Crippen molar-refractivity contribution >= 4 is 0 Å². The monoisotopic (exact) mass is 367 g/mol. The van der Waals surface area contributed by atoms with Crippen LogP contribution in [0.4, 0.5) is 0 Å². The Balaban J connectivity index is 1.81. The molecule has 0 bridgehead atoms. The minimum Gasteiger partial charge on any atom is -0.508 e. The van der Waals surface area contributed by atoms with Crippen LogP contribution in [-0.2, 0) is 6.61 Å². The summed E-state index contributed by atoms with van der Waals surface area (Å²) < 4.78 is 5.96. The number of hydrogen-bond donors (Lipinski definition) is 2. The fourth-order valence-electron chi connectivity index (χ4n) is 3.60. The number of rotatable bonds is 2. The molecule has 1 aliphatic rings. The van der Waals surface area contributed by atoms with Crippen LogP contribution in [0.5, 0.6) is 17.2 Å². The van der Waals surface area contributed by atoms with Crippen molar-refractivity contribution in [3.63, 3.8) is 0 Å². The van der Waals surface area contributed by atoms with Gasteiger partial charge in [-0.05, 0) is 54.1 Å². The van der Waals surface area contributed by atoms with Crippen molar-refractivity contribution in [2.24, 2.45) is 0 Å². The molecule has 4 heteroatoms. The summed E-state index contributed by atoms with van der Waals surface area (Å²) in [7, 11) is 0. The predicted molar refractivity (Wildman–Crippen MR) is 108 cm³/mol. The highest BCUT2D eigenvalue weighted by Gasteiger charge is 2.24. The maximum absolute atomic E-state index is 10.5. The summed E-state index contributed by atoms with van der Waals surface area (Å²) in [5.41, 5.74) is 6.02. The zero-order chi connectivity index (χ0) is 19.1. The first-order valence-corrected chi connectivity index (χ1v) is 9.04. The second kappa shape index (κ2) is 6.43. The van der Waals surface area contributed by atoms with E-state index in [1.54, 1.807) is 24.3 Å². The summed E-state index contributed by atoms with van der Waals surface area (Å²) in [6.45, 7) is 0.388. The molecule has 2 N–H and O–H groups in total. The summed E-state index contributed by atoms with van der Waals surface area (Å²) in [4.78, 5) is 4.93. The number of nitrogens with zero attached hydrogens (tertiary/aromatic N) is 1. The van der Waals surface area contributed by atoms with Gasteiger partial charge < -0.3 is 14.9 Å². The molecule has 0 atom stereocenters. The van der Waals surface area contributed by atoms with Gasteiger partial charge in [0.25, 0.3) is 0 Å². The Morgan fingerprint density at radius 1 is 0.750 bits per heavy atom. The lowest BCUT2D eigenvalue weighted by molar-refractivity contribution is 0.302. The van der Waals surface area contributed by atoms with Crippen LogP contribution in [0.25, 0.3) is 33.6 Å². The molecule has 0 saturated carbocycles. The summed E-state index contributed by atoms with van der Waals surface area (Å²) >= 11 is 0. The standard InChI is InChI=1S/C24H17NO3/c26-16-11-9-15(10-12-16)21-13-19(17-5-1-3-7-22(17)27)20-14-28-23-8-4-2-6-18(23)24(20)25-21/h1-13,26-27H,14H2. The number of aromatic nitrogens is 1. The number of pyridine rings is 1. The van der Waals surface area contributed by atoms with Crippen LogP contribution in [-0.4, -0.2) is 15.2 Å². The molecule has 4 nitrogen and oxygen atoms in total. The average Bonchev–Trinajstić information content (AvgIpc) is 2.74. The highest BCUT2D eigenvalue weighted by Crippen LogP contribution is 2.43.